The molecule has 2 aromatic rings. The first kappa shape index (κ1) is 14.6. The minimum atomic E-state index is -0.470. The first-order chi connectivity index (χ1) is 10.7. The van der Waals surface area contributed by atoms with E-state index >= 15 is 0 Å². The van der Waals surface area contributed by atoms with Crippen molar-refractivity contribution in [1.82, 2.24) is 4.90 Å². The molecule has 1 unspecified atom stereocenters. The van der Waals surface area contributed by atoms with Gasteiger partial charge < -0.3 is 10.2 Å². The fourth-order valence-electron chi connectivity index (χ4n) is 3.23. The van der Waals surface area contributed by atoms with Crippen molar-refractivity contribution in [3.8, 4) is 0 Å². The molecule has 0 fully saturated rings. The van der Waals surface area contributed by atoms with Crippen molar-refractivity contribution in [2.75, 3.05) is 12.4 Å². The van der Waals surface area contributed by atoms with E-state index in [0.717, 1.165) is 36.1 Å². The van der Waals surface area contributed by atoms with Crippen molar-refractivity contribution in [1.29, 1.82) is 0 Å². The zero-order chi connectivity index (χ0) is 15.6. The molecule has 0 aliphatic carbocycles. The highest BCUT2D eigenvalue weighted by molar-refractivity contribution is 6.02. The van der Waals surface area contributed by atoms with Crippen LogP contribution in [0.5, 0.6) is 0 Å². The van der Waals surface area contributed by atoms with Gasteiger partial charge in [-0.15, -0.1) is 0 Å². The van der Waals surface area contributed by atoms with E-state index in [0.29, 0.717) is 0 Å². The Balaban J connectivity index is 2.12. The van der Waals surface area contributed by atoms with Crippen molar-refractivity contribution in [3.63, 3.8) is 0 Å². The number of unbranched alkanes of at least 4 members (excludes halogenated alkanes) is 1. The summed E-state index contributed by atoms with van der Waals surface area (Å²) in [6, 6.07) is 18.0. The van der Waals surface area contributed by atoms with Crippen LogP contribution in [-0.4, -0.2) is 17.9 Å². The van der Waals surface area contributed by atoms with Crippen LogP contribution in [0.3, 0.4) is 0 Å². The minimum absolute atomic E-state index is 0.0781. The van der Waals surface area contributed by atoms with Gasteiger partial charge in [0.1, 0.15) is 5.66 Å². The lowest BCUT2D eigenvalue weighted by molar-refractivity contribution is 0.0557. The molecular weight excluding hydrogens is 272 g/mol. The van der Waals surface area contributed by atoms with Gasteiger partial charge in [-0.25, -0.2) is 0 Å². The molecule has 114 valence electrons. The van der Waals surface area contributed by atoms with Gasteiger partial charge in [0.2, 0.25) is 0 Å². The first-order valence-electron chi connectivity index (χ1n) is 7.90. The van der Waals surface area contributed by atoms with Gasteiger partial charge in [0.15, 0.2) is 0 Å². The number of benzene rings is 2. The topological polar surface area (TPSA) is 32.3 Å². The highest BCUT2D eigenvalue weighted by Gasteiger charge is 2.43. The summed E-state index contributed by atoms with van der Waals surface area (Å²) in [6.45, 7) is 2.18. The molecule has 1 aliphatic rings. The van der Waals surface area contributed by atoms with Crippen molar-refractivity contribution < 1.29 is 4.79 Å². The molecule has 0 aromatic heterocycles. The molecule has 0 radical (unpaired) electrons. The monoisotopic (exact) mass is 294 g/mol. The summed E-state index contributed by atoms with van der Waals surface area (Å²) >= 11 is 0. The average Bonchev–Trinajstić information content (AvgIpc) is 2.58. The number of para-hydroxylation sites is 1. The number of amides is 1. The fourth-order valence-corrected chi connectivity index (χ4v) is 3.23. The number of nitrogens with one attached hydrogen (secondary N) is 1. The number of hydrogen-bond acceptors (Lipinski definition) is 2. The number of nitrogens with zero attached hydrogens (tertiary/aromatic N) is 1. The molecule has 2 aromatic carbocycles. The Morgan fingerprint density at radius 3 is 2.45 bits per heavy atom. The van der Waals surface area contributed by atoms with E-state index in [1.807, 2.05) is 54.4 Å². The van der Waals surface area contributed by atoms with Crippen LogP contribution in [0, 0.1) is 0 Å². The van der Waals surface area contributed by atoms with Crippen LogP contribution in [0.25, 0.3) is 0 Å². The van der Waals surface area contributed by atoms with Crippen LogP contribution in [-0.2, 0) is 5.66 Å². The van der Waals surface area contributed by atoms with Crippen molar-refractivity contribution in [2.24, 2.45) is 0 Å². The number of anilines is 1. The third kappa shape index (κ3) is 2.27. The summed E-state index contributed by atoms with van der Waals surface area (Å²) in [5, 5.41) is 3.65. The molecule has 0 spiro atoms. The SMILES string of the molecule is CCCCC1(c2ccccc2)Nc2ccccc2C(=O)N1C. The Kier molecular flexibility index (Phi) is 3.88. The molecule has 3 nitrogen and oxygen atoms in total. The number of carbonyl (C=O) groups excluding carboxylic acids is 1. The van der Waals surface area contributed by atoms with Crippen LogP contribution in [0.2, 0.25) is 0 Å². The molecule has 0 saturated heterocycles. The number of rotatable bonds is 4. The second kappa shape index (κ2) is 5.84. The van der Waals surface area contributed by atoms with Gasteiger partial charge in [-0.05, 0) is 30.5 Å². The number of hydrogen-bond donors (Lipinski definition) is 1. The summed E-state index contributed by atoms with van der Waals surface area (Å²) in [7, 11) is 1.90. The Labute approximate surface area is 132 Å². The molecule has 1 N–H and O–H groups in total. The Hall–Kier alpha value is -2.29. The molecule has 1 amide bonds. The zero-order valence-corrected chi connectivity index (χ0v) is 13.2. The van der Waals surface area contributed by atoms with E-state index < -0.39 is 5.66 Å². The molecular formula is C19H22N2O. The molecule has 1 heterocycles. The predicted molar refractivity (Wildman–Crippen MR) is 89.8 cm³/mol. The van der Waals surface area contributed by atoms with E-state index in [2.05, 4.69) is 24.4 Å². The molecule has 1 aliphatic heterocycles. The molecule has 3 rings (SSSR count). The van der Waals surface area contributed by atoms with Gasteiger partial charge in [-0.1, -0.05) is 55.8 Å². The lowest BCUT2D eigenvalue weighted by Crippen LogP contribution is -2.55. The van der Waals surface area contributed by atoms with Crippen LogP contribution in [0.15, 0.2) is 54.6 Å². The van der Waals surface area contributed by atoms with Gasteiger partial charge in [0, 0.05) is 12.7 Å². The van der Waals surface area contributed by atoms with Crippen molar-refractivity contribution >= 4 is 11.6 Å². The largest absolute Gasteiger partial charge is 0.358 e. The predicted octanol–water partition coefficient (Wildman–Crippen LogP) is 4.23. The maximum atomic E-state index is 12.9. The van der Waals surface area contributed by atoms with Crippen LogP contribution < -0.4 is 5.32 Å². The summed E-state index contributed by atoms with van der Waals surface area (Å²) in [5.74, 6) is 0.0781. The highest BCUT2D eigenvalue weighted by atomic mass is 16.2. The van der Waals surface area contributed by atoms with E-state index in [9.17, 15) is 4.79 Å². The standard InChI is InChI=1S/C19H22N2O/c1-3-4-14-19(15-10-6-5-7-11-15)20-17-13-9-8-12-16(17)18(22)21(19)2/h5-13,20H,3-4,14H2,1-2H3. The van der Waals surface area contributed by atoms with Gasteiger partial charge in [-0.3, -0.25) is 4.79 Å². The Morgan fingerprint density at radius 2 is 1.73 bits per heavy atom. The summed E-state index contributed by atoms with van der Waals surface area (Å²) < 4.78 is 0. The van der Waals surface area contributed by atoms with Crippen LogP contribution in [0.4, 0.5) is 5.69 Å². The van der Waals surface area contributed by atoms with Gasteiger partial charge in [0.05, 0.1) is 5.56 Å². The quantitative estimate of drug-likeness (QED) is 0.915. The molecule has 0 bridgehead atoms. The average molecular weight is 294 g/mol. The molecule has 0 saturated carbocycles. The number of carbonyl (C=O) groups is 1. The summed E-state index contributed by atoms with van der Waals surface area (Å²) in [5.41, 5.74) is 2.33. The second-order valence-corrected chi connectivity index (χ2v) is 5.86. The van der Waals surface area contributed by atoms with Crippen molar-refractivity contribution in [2.45, 2.75) is 31.8 Å². The van der Waals surface area contributed by atoms with Crippen molar-refractivity contribution in [3.05, 3.63) is 65.7 Å². The smallest absolute Gasteiger partial charge is 0.257 e. The second-order valence-electron chi connectivity index (χ2n) is 5.86. The molecule has 22 heavy (non-hydrogen) atoms. The first-order valence-corrected chi connectivity index (χ1v) is 7.90. The maximum absolute atomic E-state index is 12.9. The lowest BCUT2D eigenvalue weighted by Gasteiger charge is -2.47. The van der Waals surface area contributed by atoms with E-state index in [4.69, 9.17) is 0 Å². The van der Waals surface area contributed by atoms with Crippen LogP contribution >= 0.6 is 0 Å². The Bertz CT molecular complexity index is 668. The van der Waals surface area contributed by atoms with Crippen LogP contribution in [0.1, 0.15) is 42.1 Å². The highest BCUT2D eigenvalue weighted by Crippen LogP contribution is 2.40. The van der Waals surface area contributed by atoms with Gasteiger partial charge >= 0.3 is 0 Å². The lowest BCUT2D eigenvalue weighted by atomic mass is 9.88. The maximum Gasteiger partial charge on any atom is 0.257 e. The molecule has 3 heteroatoms. The van der Waals surface area contributed by atoms with E-state index in [1.54, 1.807) is 0 Å². The summed E-state index contributed by atoms with van der Waals surface area (Å²) in [6.07, 6.45) is 3.05. The van der Waals surface area contributed by atoms with E-state index in [-0.39, 0.29) is 5.91 Å². The fraction of sp³-hybridized carbons (Fsp3) is 0.316. The zero-order valence-electron chi connectivity index (χ0n) is 13.2. The van der Waals surface area contributed by atoms with Gasteiger partial charge in [0.25, 0.3) is 5.91 Å². The normalized spacial score (nSPS) is 20.5. The third-order valence-electron chi connectivity index (χ3n) is 4.52. The van der Waals surface area contributed by atoms with Gasteiger partial charge in [-0.2, -0.15) is 0 Å². The Morgan fingerprint density at radius 1 is 1.05 bits per heavy atom. The summed E-state index contributed by atoms with van der Waals surface area (Å²) in [4.78, 5) is 14.7. The minimum Gasteiger partial charge on any atom is -0.358 e. The molecule has 1 atom stereocenters. The number of fused-ring (bicyclic) bond motifs is 1. The van der Waals surface area contributed by atoms with E-state index in [1.165, 1.54) is 0 Å². The third-order valence-corrected chi connectivity index (χ3v) is 4.52.